The largest absolute Gasteiger partial charge is 0.347 e. The Bertz CT molecular complexity index is 1060. The summed E-state index contributed by atoms with van der Waals surface area (Å²) >= 11 is 12.1. The third-order valence-corrected chi connectivity index (χ3v) is 4.84. The molecule has 0 atom stereocenters. The number of fused-ring (bicyclic) bond motifs is 1. The first kappa shape index (κ1) is 18.1. The van der Waals surface area contributed by atoms with Gasteiger partial charge in [-0.15, -0.1) is 0 Å². The highest BCUT2D eigenvalue weighted by atomic mass is 35.5. The molecule has 3 aromatic rings. The van der Waals surface area contributed by atoms with Gasteiger partial charge in [0.05, 0.1) is 15.7 Å². The number of amides is 1. The lowest BCUT2D eigenvalue weighted by molar-refractivity contribution is -0.112. The number of benzene rings is 2. The molecule has 0 fully saturated rings. The third kappa shape index (κ3) is 3.45. The predicted octanol–water partition coefficient (Wildman–Crippen LogP) is 5.51. The van der Waals surface area contributed by atoms with Gasteiger partial charge in [0.25, 0.3) is 5.91 Å². The minimum absolute atomic E-state index is 0.0138. The summed E-state index contributed by atoms with van der Waals surface area (Å²) < 4.78 is 2.07. The summed E-state index contributed by atoms with van der Waals surface area (Å²) in [6, 6.07) is 14.8. The minimum Gasteiger partial charge on any atom is -0.347 e. The van der Waals surface area contributed by atoms with Gasteiger partial charge in [0.15, 0.2) is 0 Å². The van der Waals surface area contributed by atoms with Crippen molar-refractivity contribution in [2.45, 2.75) is 13.5 Å². The van der Waals surface area contributed by atoms with Crippen molar-refractivity contribution in [1.29, 1.82) is 5.26 Å². The number of rotatable bonds is 4. The van der Waals surface area contributed by atoms with Crippen molar-refractivity contribution >= 4 is 51.8 Å². The van der Waals surface area contributed by atoms with Crippen LogP contribution in [0.1, 0.15) is 12.5 Å². The number of anilines is 1. The smallest absolute Gasteiger partial charge is 0.266 e. The van der Waals surface area contributed by atoms with E-state index in [0.29, 0.717) is 10.7 Å². The van der Waals surface area contributed by atoms with Gasteiger partial charge >= 0.3 is 0 Å². The highest BCUT2D eigenvalue weighted by molar-refractivity contribution is 6.44. The quantitative estimate of drug-likeness (QED) is 0.476. The average Bonchev–Trinajstić information content (AvgIpc) is 3.01. The molecule has 3 rings (SSSR count). The molecule has 0 saturated heterocycles. The standard InChI is InChI=1S/C20H15Cl2N3O/c1-2-25-12-14(15-6-3-4-9-18(15)25)10-13(11-23)20(26)24-17-8-5-7-16(21)19(17)22/h3-10,12H,2H2,1H3,(H,24,26)/b13-10-. The molecule has 0 saturated carbocycles. The number of carbonyl (C=O) groups is 1. The van der Waals surface area contributed by atoms with E-state index in [1.54, 1.807) is 24.3 Å². The molecule has 0 radical (unpaired) electrons. The molecule has 1 N–H and O–H groups in total. The molecule has 1 aromatic heterocycles. The number of hydrogen-bond acceptors (Lipinski definition) is 2. The second kappa shape index (κ2) is 7.65. The van der Waals surface area contributed by atoms with Gasteiger partial charge in [-0.2, -0.15) is 5.26 Å². The van der Waals surface area contributed by atoms with E-state index in [4.69, 9.17) is 23.2 Å². The highest BCUT2D eigenvalue weighted by Crippen LogP contribution is 2.30. The second-order valence-corrected chi connectivity index (χ2v) is 6.40. The topological polar surface area (TPSA) is 57.8 Å². The van der Waals surface area contributed by atoms with Gasteiger partial charge in [0.2, 0.25) is 0 Å². The number of aryl methyl sites for hydroxylation is 1. The molecule has 0 aliphatic heterocycles. The molecule has 0 bridgehead atoms. The molecule has 1 amide bonds. The number of carbonyl (C=O) groups excluding carboxylic acids is 1. The van der Waals surface area contributed by atoms with Crippen LogP contribution in [-0.2, 0) is 11.3 Å². The van der Waals surface area contributed by atoms with E-state index >= 15 is 0 Å². The van der Waals surface area contributed by atoms with E-state index in [0.717, 1.165) is 23.0 Å². The van der Waals surface area contributed by atoms with E-state index in [1.807, 2.05) is 43.5 Å². The molecule has 0 unspecified atom stereocenters. The lowest BCUT2D eigenvalue weighted by atomic mass is 10.1. The Morgan fingerprint density at radius 3 is 2.73 bits per heavy atom. The summed E-state index contributed by atoms with van der Waals surface area (Å²) in [5.74, 6) is -0.537. The average molecular weight is 384 g/mol. The zero-order valence-corrected chi connectivity index (χ0v) is 15.5. The van der Waals surface area contributed by atoms with Crippen LogP contribution >= 0.6 is 23.2 Å². The normalized spacial score (nSPS) is 11.4. The summed E-state index contributed by atoms with van der Waals surface area (Å²) in [7, 11) is 0. The van der Waals surface area contributed by atoms with Crippen molar-refractivity contribution in [3.05, 3.63) is 69.8 Å². The number of para-hydroxylation sites is 1. The fourth-order valence-electron chi connectivity index (χ4n) is 2.75. The van der Waals surface area contributed by atoms with Gasteiger partial charge in [-0.3, -0.25) is 4.79 Å². The molecule has 130 valence electrons. The lowest BCUT2D eigenvalue weighted by Crippen LogP contribution is -2.13. The molecule has 26 heavy (non-hydrogen) atoms. The Labute approximate surface area is 161 Å². The van der Waals surface area contributed by atoms with Crippen molar-refractivity contribution in [2.75, 3.05) is 5.32 Å². The van der Waals surface area contributed by atoms with Crippen LogP contribution in [0.4, 0.5) is 5.69 Å². The third-order valence-electron chi connectivity index (χ3n) is 4.02. The lowest BCUT2D eigenvalue weighted by Gasteiger charge is -2.07. The van der Waals surface area contributed by atoms with E-state index in [2.05, 4.69) is 9.88 Å². The summed E-state index contributed by atoms with van der Waals surface area (Å²) in [6.45, 7) is 2.83. The van der Waals surface area contributed by atoms with Crippen molar-refractivity contribution in [2.24, 2.45) is 0 Å². The van der Waals surface area contributed by atoms with Gasteiger partial charge < -0.3 is 9.88 Å². The maximum Gasteiger partial charge on any atom is 0.266 e. The number of nitrogens with one attached hydrogen (secondary N) is 1. The molecule has 6 heteroatoms. The van der Waals surface area contributed by atoms with Crippen LogP contribution in [-0.4, -0.2) is 10.5 Å². The van der Waals surface area contributed by atoms with Crippen molar-refractivity contribution in [3.63, 3.8) is 0 Å². The maximum absolute atomic E-state index is 12.5. The van der Waals surface area contributed by atoms with Gasteiger partial charge in [0.1, 0.15) is 11.6 Å². The number of nitriles is 1. The molecular formula is C20H15Cl2N3O. The van der Waals surface area contributed by atoms with Crippen LogP contribution in [0.3, 0.4) is 0 Å². The Morgan fingerprint density at radius 1 is 1.23 bits per heavy atom. The van der Waals surface area contributed by atoms with Crippen molar-refractivity contribution in [1.82, 2.24) is 4.57 Å². The maximum atomic E-state index is 12.5. The summed E-state index contributed by atoms with van der Waals surface area (Å²) in [4.78, 5) is 12.5. The van der Waals surface area contributed by atoms with Gasteiger partial charge in [-0.25, -0.2) is 0 Å². The van der Waals surface area contributed by atoms with Crippen LogP contribution in [0.2, 0.25) is 10.0 Å². The number of nitrogens with zero attached hydrogens (tertiary/aromatic N) is 2. The fraction of sp³-hybridized carbons (Fsp3) is 0.100. The molecular weight excluding hydrogens is 369 g/mol. The van der Waals surface area contributed by atoms with Gasteiger partial charge in [0, 0.05) is 29.2 Å². The first-order valence-electron chi connectivity index (χ1n) is 8.00. The van der Waals surface area contributed by atoms with E-state index < -0.39 is 5.91 Å². The highest BCUT2D eigenvalue weighted by Gasteiger charge is 2.14. The van der Waals surface area contributed by atoms with Crippen LogP contribution in [0.25, 0.3) is 17.0 Å². The minimum atomic E-state index is -0.537. The van der Waals surface area contributed by atoms with Crippen LogP contribution in [0.15, 0.2) is 54.2 Å². The fourth-order valence-corrected chi connectivity index (χ4v) is 3.09. The number of halogens is 2. The monoisotopic (exact) mass is 383 g/mol. The predicted molar refractivity (Wildman–Crippen MR) is 106 cm³/mol. The van der Waals surface area contributed by atoms with Crippen LogP contribution in [0, 0.1) is 11.3 Å². The first-order valence-corrected chi connectivity index (χ1v) is 8.75. The first-order chi connectivity index (χ1) is 12.5. The van der Waals surface area contributed by atoms with E-state index in [1.165, 1.54) is 0 Å². The molecule has 0 aliphatic rings. The SMILES string of the molecule is CCn1cc(/C=C(/C#N)C(=O)Nc2cccc(Cl)c2Cl)c2ccccc21. The number of hydrogen-bond donors (Lipinski definition) is 1. The Hall–Kier alpha value is -2.74. The van der Waals surface area contributed by atoms with Crippen molar-refractivity contribution in [3.8, 4) is 6.07 Å². The summed E-state index contributed by atoms with van der Waals surface area (Å²) in [6.07, 6.45) is 3.52. The van der Waals surface area contributed by atoms with E-state index in [-0.39, 0.29) is 10.6 Å². The zero-order chi connectivity index (χ0) is 18.7. The summed E-state index contributed by atoms with van der Waals surface area (Å²) in [5, 5.41) is 13.6. The molecule has 4 nitrogen and oxygen atoms in total. The van der Waals surface area contributed by atoms with Crippen LogP contribution < -0.4 is 5.32 Å². The number of aromatic nitrogens is 1. The molecule has 1 heterocycles. The van der Waals surface area contributed by atoms with Gasteiger partial charge in [-0.1, -0.05) is 47.5 Å². The van der Waals surface area contributed by atoms with Crippen LogP contribution in [0.5, 0.6) is 0 Å². The Balaban J connectivity index is 1.97. The Kier molecular flexibility index (Phi) is 5.32. The molecule has 2 aromatic carbocycles. The molecule has 0 aliphatic carbocycles. The zero-order valence-electron chi connectivity index (χ0n) is 14.0. The Morgan fingerprint density at radius 2 is 2.00 bits per heavy atom. The second-order valence-electron chi connectivity index (χ2n) is 5.61. The van der Waals surface area contributed by atoms with E-state index in [9.17, 15) is 10.1 Å². The molecule has 0 spiro atoms. The summed E-state index contributed by atoms with van der Waals surface area (Å²) in [5.41, 5.74) is 2.21. The van der Waals surface area contributed by atoms with Crippen molar-refractivity contribution < 1.29 is 4.79 Å². The van der Waals surface area contributed by atoms with Gasteiger partial charge in [-0.05, 0) is 31.2 Å².